The minimum absolute atomic E-state index is 0.0885. The summed E-state index contributed by atoms with van der Waals surface area (Å²) < 4.78 is 66.9. The van der Waals surface area contributed by atoms with E-state index in [0.29, 0.717) is 48.7 Å². The van der Waals surface area contributed by atoms with Gasteiger partial charge in [0.2, 0.25) is 5.91 Å². The molecule has 2 fully saturated rings. The van der Waals surface area contributed by atoms with Crippen molar-refractivity contribution in [3.05, 3.63) is 46.8 Å². The summed E-state index contributed by atoms with van der Waals surface area (Å²) >= 11 is 0. The molecule has 2 aromatic rings. The van der Waals surface area contributed by atoms with Gasteiger partial charge in [0.25, 0.3) is 5.91 Å². The van der Waals surface area contributed by atoms with E-state index in [1.807, 2.05) is 0 Å². The number of hydrogen-bond acceptors (Lipinski definition) is 6. The number of aromatic nitrogens is 2. The Hall–Kier alpha value is -3.09. The quantitative estimate of drug-likeness (QED) is 0.430. The summed E-state index contributed by atoms with van der Waals surface area (Å²) in [6.45, 7) is -0.640. The van der Waals surface area contributed by atoms with Crippen LogP contribution in [0, 0.1) is 11.8 Å². The fourth-order valence-corrected chi connectivity index (χ4v) is 6.51. The van der Waals surface area contributed by atoms with E-state index in [0.717, 1.165) is 12.0 Å². The third-order valence-corrected chi connectivity index (χ3v) is 9.19. The van der Waals surface area contributed by atoms with Crippen LogP contribution < -0.4 is 15.4 Å². The van der Waals surface area contributed by atoms with E-state index in [9.17, 15) is 31.2 Å². The molecule has 212 valence electrons. The Kier molecular flexibility index (Phi) is 7.62. The minimum Gasteiger partial charge on any atom is -0.484 e. The number of carbonyl (C=O) groups excluding carboxylic acids is 2. The Bertz CT molecular complexity index is 1340. The van der Waals surface area contributed by atoms with Gasteiger partial charge < -0.3 is 15.4 Å². The first-order valence-corrected chi connectivity index (χ1v) is 14.9. The van der Waals surface area contributed by atoms with Crippen LogP contribution in [0.25, 0.3) is 0 Å². The van der Waals surface area contributed by atoms with E-state index in [4.69, 9.17) is 9.84 Å². The number of nitrogens with zero attached hydrogens (tertiary/aromatic N) is 2. The number of halogens is 3. The van der Waals surface area contributed by atoms with Crippen molar-refractivity contribution in [2.45, 2.75) is 63.8 Å². The standard InChI is InChI=1S/C26H31F3N4O5S/c27-26(28,29)15-38-20-3-1-2-17(10-20)6-7-19-11-21-23(25(35)31-19)22(33(32-21)9-8-16-4-5-16)12-30-24(34)18-13-39(36,37)14-18/h1-3,10,16,18-19H,4-9,11-15H2,(H,30,34)(H,31,35)/t19-/m0/s1. The molecule has 1 aliphatic carbocycles. The molecule has 13 heteroatoms. The van der Waals surface area contributed by atoms with Crippen LogP contribution in [0.5, 0.6) is 5.75 Å². The number of amides is 2. The van der Waals surface area contributed by atoms with Gasteiger partial charge in [-0.1, -0.05) is 25.0 Å². The van der Waals surface area contributed by atoms with Crippen molar-refractivity contribution in [3.63, 3.8) is 0 Å². The Morgan fingerprint density at radius 3 is 2.67 bits per heavy atom. The van der Waals surface area contributed by atoms with Gasteiger partial charge in [0, 0.05) is 19.0 Å². The van der Waals surface area contributed by atoms with E-state index in [2.05, 4.69) is 10.6 Å². The van der Waals surface area contributed by atoms with Crippen LogP contribution in [0.1, 0.15) is 53.0 Å². The molecule has 0 unspecified atom stereocenters. The first kappa shape index (κ1) is 27.5. The van der Waals surface area contributed by atoms with Crippen LogP contribution in [-0.4, -0.2) is 60.3 Å². The molecule has 1 aromatic carbocycles. The van der Waals surface area contributed by atoms with Crippen LogP contribution >= 0.6 is 0 Å². The smallest absolute Gasteiger partial charge is 0.422 e. The average Bonchev–Trinajstić information content (AvgIpc) is 3.62. The Morgan fingerprint density at radius 2 is 1.97 bits per heavy atom. The second kappa shape index (κ2) is 10.8. The monoisotopic (exact) mass is 568 g/mol. The fourth-order valence-electron chi connectivity index (χ4n) is 5.08. The van der Waals surface area contributed by atoms with Gasteiger partial charge in [-0.3, -0.25) is 14.3 Å². The van der Waals surface area contributed by atoms with Crippen molar-refractivity contribution in [1.82, 2.24) is 20.4 Å². The summed E-state index contributed by atoms with van der Waals surface area (Å²) in [6, 6.07) is 6.28. The molecule has 39 heavy (non-hydrogen) atoms. The number of nitrogens with one attached hydrogen (secondary N) is 2. The summed E-state index contributed by atoms with van der Waals surface area (Å²) in [5, 5.41) is 10.5. The highest BCUT2D eigenvalue weighted by Gasteiger charge is 2.39. The Morgan fingerprint density at radius 1 is 1.21 bits per heavy atom. The first-order chi connectivity index (χ1) is 18.5. The molecular weight excluding hydrogens is 537 g/mol. The van der Waals surface area contributed by atoms with Crippen molar-refractivity contribution in [3.8, 4) is 5.75 Å². The van der Waals surface area contributed by atoms with Crippen LogP contribution in [0.4, 0.5) is 13.2 Å². The maximum atomic E-state index is 13.2. The Labute approximate surface area is 224 Å². The topological polar surface area (TPSA) is 119 Å². The Balaban J connectivity index is 1.23. The van der Waals surface area contributed by atoms with Crippen molar-refractivity contribution in [2.75, 3.05) is 18.1 Å². The lowest BCUT2D eigenvalue weighted by Crippen LogP contribution is -2.47. The molecule has 1 atom stereocenters. The molecule has 1 saturated carbocycles. The van der Waals surface area contributed by atoms with E-state index in [1.165, 1.54) is 18.9 Å². The van der Waals surface area contributed by atoms with E-state index >= 15 is 0 Å². The molecule has 2 amide bonds. The lowest BCUT2D eigenvalue weighted by Gasteiger charge is -2.25. The zero-order chi connectivity index (χ0) is 27.8. The predicted molar refractivity (Wildman–Crippen MR) is 135 cm³/mol. The number of fused-ring (bicyclic) bond motifs is 1. The summed E-state index contributed by atoms with van der Waals surface area (Å²) in [5.41, 5.74) is 2.51. The van der Waals surface area contributed by atoms with E-state index < -0.39 is 28.5 Å². The number of ether oxygens (including phenoxy) is 1. The van der Waals surface area contributed by atoms with Crippen molar-refractivity contribution in [2.24, 2.45) is 11.8 Å². The molecular formula is C26H31F3N4O5S. The maximum Gasteiger partial charge on any atom is 0.422 e. The van der Waals surface area contributed by atoms with Gasteiger partial charge in [-0.15, -0.1) is 0 Å². The SMILES string of the molecule is O=C1N[C@@H](CCc2cccc(OCC(F)(F)F)c2)Cc2nn(CCC3CC3)c(CNC(=O)C3CS(=O)(=O)C3)c21. The van der Waals surface area contributed by atoms with Gasteiger partial charge in [-0.25, -0.2) is 8.42 Å². The van der Waals surface area contributed by atoms with Crippen molar-refractivity contribution < 1.29 is 35.9 Å². The third kappa shape index (κ3) is 7.11. The fraction of sp³-hybridized carbons (Fsp3) is 0.577. The molecule has 1 saturated heterocycles. The molecule has 2 aliphatic heterocycles. The van der Waals surface area contributed by atoms with Gasteiger partial charge in [-0.05, 0) is 42.9 Å². The summed E-state index contributed by atoms with van der Waals surface area (Å²) in [5.74, 6) is -0.717. The minimum atomic E-state index is -4.42. The second-order valence-corrected chi connectivity index (χ2v) is 12.8. The number of hydrogen-bond donors (Lipinski definition) is 2. The second-order valence-electron chi connectivity index (χ2n) is 10.7. The summed E-state index contributed by atoms with van der Waals surface area (Å²) in [7, 11) is -3.13. The van der Waals surface area contributed by atoms with Crippen LogP contribution in [0.3, 0.4) is 0 Å². The summed E-state index contributed by atoms with van der Waals surface area (Å²) in [4.78, 5) is 25.6. The van der Waals surface area contributed by atoms with Crippen molar-refractivity contribution >= 4 is 21.7 Å². The van der Waals surface area contributed by atoms with Crippen LogP contribution in [0.15, 0.2) is 24.3 Å². The highest BCUT2D eigenvalue weighted by Crippen LogP contribution is 2.33. The molecule has 1 aromatic heterocycles. The largest absolute Gasteiger partial charge is 0.484 e. The molecule has 3 heterocycles. The van der Waals surface area contributed by atoms with E-state index in [-0.39, 0.29) is 41.7 Å². The zero-order valence-electron chi connectivity index (χ0n) is 21.3. The highest BCUT2D eigenvalue weighted by molar-refractivity contribution is 7.92. The molecule has 5 rings (SSSR count). The molecule has 0 bridgehead atoms. The first-order valence-electron chi connectivity index (χ1n) is 13.1. The summed E-state index contributed by atoms with van der Waals surface area (Å²) in [6.07, 6.45) is 0.442. The van der Waals surface area contributed by atoms with Crippen LogP contribution in [-0.2, 0) is 40.6 Å². The number of benzene rings is 1. The molecule has 9 nitrogen and oxygen atoms in total. The van der Waals surface area contributed by atoms with E-state index in [1.54, 1.807) is 22.9 Å². The molecule has 0 radical (unpaired) electrons. The zero-order valence-corrected chi connectivity index (χ0v) is 22.1. The van der Waals surface area contributed by atoms with Gasteiger partial charge >= 0.3 is 6.18 Å². The highest BCUT2D eigenvalue weighted by atomic mass is 32.2. The number of sulfone groups is 1. The van der Waals surface area contributed by atoms with Crippen molar-refractivity contribution in [1.29, 1.82) is 0 Å². The number of alkyl halides is 3. The third-order valence-electron chi connectivity index (χ3n) is 7.37. The normalized spacial score (nSPS) is 20.6. The van der Waals surface area contributed by atoms with Gasteiger partial charge in [0.05, 0.1) is 40.9 Å². The molecule has 0 spiro atoms. The van der Waals surface area contributed by atoms with Gasteiger partial charge in [0.1, 0.15) is 5.75 Å². The van der Waals surface area contributed by atoms with Crippen LogP contribution in [0.2, 0.25) is 0 Å². The maximum absolute atomic E-state index is 13.2. The lowest BCUT2D eigenvalue weighted by atomic mass is 9.95. The predicted octanol–water partition coefficient (Wildman–Crippen LogP) is 2.57. The number of aryl methyl sites for hydroxylation is 2. The molecule has 2 N–H and O–H groups in total. The number of rotatable bonds is 11. The number of carbonyl (C=O) groups is 2. The average molecular weight is 569 g/mol. The lowest BCUT2D eigenvalue weighted by molar-refractivity contribution is -0.153. The van der Waals surface area contributed by atoms with Gasteiger partial charge in [-0.2, -0.15) is 18.3 Å². The molecule has 3 aliphatic rings. The van der Waals surface area contributed by atoms with Gasteiger partial charge in [0.15, 0.2) is 16.4 Å².